The normalized spacial score (nSPS) is 17.5. The second-order valence-electron chi connectivity index (χ2n) is 5.99. The molecule has 2 aromatic rings. The van der Waals surface area contributed by atoms with Crippen LogP contribution in [0.15, 0.2) is 34.7 Å². The van der Waals surface area contributed by atoms with Crippen LogP contribution in [-0.4, -0.2) is 38.7 Å². The van der Waals surface area contributed by atoms with E-state index in [0.29, 0.717) is 6.54 Å². The van der Waals surface area contributed by atoms with Crippen LogP contribution in [0.3, 0.4) is 0 Å². The van der Waals surface area contributed by atoms with Gasteiger partial charge < -0.3 is 18.6 Å². The molecule has 0 amide bonds. The fraction of sp³-hybridized carbons (Fsp3) is 0.421. The van der Waals surface area contributed by atoms with Crippen molar-refractivity contribution in [2.45, 2.75) is 25.4 Å². The zero-order valence-electron chi connectivity index (χ0n) is 14.8. The van der Waals surface area contributed by atoms with E-state index in [4.69, 9.17) is 13.9 Å². The molecule has 0 spiro atoms. The number of rotatable bonds is 6. The van der Waals surface area contributed by atoms with Crippen LogP contribution in [0.4, 0.5) is 0 Å². The summed E-state index contributed by atoms with van der Waals surface area (Å²) in [6, 6.07) is 9.65. The molecular formula is C19H23NO5. The summed E-state index contributed by atoms with van der Waals surface area (Å²) in [6.07, 6.45) is 2.15. The van der Waals surface area contributed by atoms with Crippen LogP contribution in [0.25, 0.3) is 0 Å². The third-order valence-electron chi connectivity index (χ3n) is 4.57. The summed E-state index contributed by atoms with van der Waals surface area (Å²) in [7, 11) is 4.66. The molecule has 134 valence electrons. The number of hydrogen-bond acceptors (Lipinski definition) is 6. The van der Waals surface area contributed by atoms with Crippen molar-refractivity contribution in [2.75, 3.05) is 27.9 Å². The molecule has 0 saturated carbocycles. The molecule has 0 N–H and O–H groups in total. The molecule has 1 atom stereocenters. The van der Waals surface area contributed by atoms with E-state index >= 15 is 0 Å². The number of carbonyl (C=O) groups is 1. The van der Waals surface area contributed by atoms with Crippen molar-refractivity contribution < 1.29 is 23.4 Å². The molecule has 1 fully saturated rings. The second-order valence-corrected chi connectivity index (χ2v) is 5.99. The number of ether oxygens (including phenoxy) is 3. The van der Waals surface area contributed by atoms with Crippen LogP contribution in [0.1, 0.15) is 40.8 Å². The maximum Gasteiger partial charge on any atom is 0.373 e. The molecule has 6 nitrogen and oxygen atoms in total. The first kappa shape index (κ1) is 17.4. The predicted molar refractivity (Wildman–Crippen MR) is 92.0 cm³/mol. The summed E-state index contributed by atoms with van der Waals surface area (Å²) in [4.78, 5) is 13.9. The van der Waals surface area contributed by atoms with E-state index in [1.165, 1.54) is 7.11 Å². The van der Waals surface area contributed by atoms with Gasteiger partial charge in [-0.3, -0.25) is 4.90 Å². The van der Waals surface area contributed by atoms with Crippen molar-refractivity contribution in [2.24, 2.45) is 0 Å². The number of likely N-dealkylation sites (tertiary alicyclic amines) is 1. The van der Waals surface area contributed by atoms with Crippen molar-refractivity contribution in [3.05, 3.63) is 47.4 Å². The van der Waals surface area contributed by atoms with E-state index in [0.717, 1.165) is 42.2 Å². The first-order valence-electron chi connectivity index (χ1n) is 8.29. The minimum absolute atomic E-state index is 0.232. The highest BCUT2D eigenvalue weighted by atomic mass is 16.5. The Kier molecular flexibility index (Phi) is 5.28. The van der Waals surface area contributed by atoms with Gasteiger partial charge in [-0.15, -0.1) is 0 Å². The van der Waals surface area contributed by atoms with E-state index < -0.39 is 5.97 Å². The molecule has 0 unspecified atom stereocenters. The van der Waals surface area contributed by atoms with Gasteiger partial charge in [0.2, 0.25) is 5.76 Å². The van der Waals surface area contributed by atoms with Crippen LogP contribution in [-0.2, 0) is 11.3 Å². The monoisotopic (exact) mass is 345 g/mol. The van der Waals surface area contributed by atoms with E-state index in [1.54, 1.807) is 20.3 Å². The number of nitrogens with zero attached hydrogens (tertiary/aromatic N) is 1. The quantitative estimate of drug-likeness (QED) is 0.748. The van der Waals surface area contributed by atoms with Gasteiger partial charge in [0, 0.05) is 17.7 Å². The summed E-state index contributed by atoms with van der Waals surface area (Å²) < 4.78 is 21.1. The maximum atomic E-state index is 11.5. The largest absolute Gasteiger partial charge is 0.497 e. The highest BCUT2D eigenvalue weighted by molar-refractivity contribution is 5.86. The lowest BCUT2D eigenvalue weighted by Crippen LogP contribution is -2.23. The van der Waals surface area contributed by atoms with Gasteiger partial charge in [-0.05, 0) is 37.6 Å². The average Bonchev–Trinajstić information content (AvgIpc) is 3.30. The van der Waals surface area contributed by atoms with E-state index in [-0.39, 0.29) is 11.8 Å². The first-order chi connectivity index (χ1) is 12.2. The fourth-order valence-electron chi connectivity index (χ4n) is 3.33. The lowest BCUT2D eigenvalue weighted by atomic mass is 10.0. The number of furan rings is 1. The Morgan fingerprint density at radius 3 is 2.76 bits per heavy atom. The standard InChI is InChI=1S/C19H23NO5/c1-22-13-6-8-15(18(11-13)23-2)16-5-4-10-20(16)12-14-7-9-17(25-14)19(21)24-3/h6-9,11,16H,4-5,10,12H2,1-3H3/t16-/m0/s1. The third kappa shape index (κ3) is 3.64. The molecule has 1 aromatic carbocycles. The molecule has 1 aromatic heterocycles. The highest BCUT2D eigenvalue weighted by Gasteiger charge is 2.29. The molecule has 3 rings (SSSR count). The Morgan fingerprint density at radius 1 is 1.20 bits per heavy atom. The van der Waals surface area contributed by atoms with Crippen molar-refractivity contribution in [1.82, 2.24) is 4.90 Å². The molecule has 1 aliphatic rings. The van der Waals surface area contributed by atoms with Crippen molar-refractivity contribution >= 4 is 5.97 Å². The van der Waals surface area contributed by atoms with E-state index in [2.05, 4.69) is 15.7 Å². The van der Waals surface area contributed by atoms with E-state index in [1.807, 2.05) is 18.2 Å². The minimum atomic E-state index is -0.457. The van der Waals surface area contributed by atoms with Gasteiger partial charge in [0.1, 0.15) is 17.3 Å². The second kappa shape index (κ2) is 7.61. The Balaban J connectivity index is 1.79. The van der Waals surface area contributed by atoms with Crippen LogP contribution >= 0.6 is 0 Å². The van der Waals surface area contributed by atoms with Crippen LogP contribution in [0, 0.1) is 0 Å². The lowest BCUT2D eigenvalue weighted by molar-refractivity contribution is 0.0561. The van der Waals surface area contributed by atoms with Gasteiger partial charge in [0.15, 0.2) is 0 Å². The lowest BCUT2D eigenvalue weighted by Gasteiger charge is -2.25. The van der Waals surface area contributed by atoms with Gasteiger partial charge in [-0.1, -0.05) is 6.07 Å². The maximum absolute atomic E-state index is 11.5. The Morgan fingerprint density at radius 2 is 2.04 bits per heavy atom. The first-order valence-corrected chi connectivity index (χ1v) is 8.29. The predicted octanol–water partition coefficient (Wildman–Crippen LogP) is 3.42. The summed E-state index contributed by atoms with van der Waals surface area (Å²) in [5, 5.41) is 0. The summed E-state index contributed by atoms with van der Waals surface area (Å²) in [5.74, 6) is 2.13. The Labute approximate surface area is 147 Å². The molecule has 0 aliphatic carbocycles. The number of hydrogen-bond donors (Lipinski definition) is 0. The van der Waals surface area contributed by atoms with E-state index in [9.17, 15) is 4.79 Å². The molecule has 0 radical (unpaired) electrons. The molecule has 6 heteroatoms. The Hall–Kier alpha value is -2.47. The SMILES string of the molecule is COC(=O)c1ccc(CN2CCC[C@H]2c2ccc(OC)cc2OC)o1. The van der Waals surface area contributed by atoms with Crippen LogP contribution in [0.5, 0.6) is 11.5 Å². The molecule has 0 bridgehead atoms. The smallest absolute Gasteiger partial charge is 0.373 e. The summed E-state index contributed by atoms with van der Waals surface area (Å²) in [6.45, 7) is 1.60. The van der Waals surface area contributed by atoms with Gasteiger partial charge in [0.05, 0.1) is 27.9 Å². The summed E-state index contributed by atoms with van der Waals surface area (Å²) >= 11 is 0. The van der Waals surface area contributed by atoms with Crippen LogP contribution in [0.2, 0.25) is 0 Å². The fourth-order valence-corrected chi connectivity index (χ4v) is 3.33. The number of carbonyl (C=O) groups excluding carboxylic acids is 1. The van der Waals surface area contributed by atoms with Gasteiger partial charge in [0.25, 0.3) is 0 Å². The Bertz CT molecular complexity index is 739. The average molecular weight is 345 g/mol. The molecular weight excluding hydrogens is 322 g/mol. The zero-order valence-corrected chi connectivity index (χ0v) is 14.8. The van der Waals surface area contributed by atoms with Gasteiger partial charge >= 0.3 is 5.97 Å². The van der Waals surface area contributed by atoms with Crippen molar-refractivity contribution in [1.29, 1.82) is 0 Å². The number of benzene rings is 1. The topological polar surface area (TPSA) is 61.1 Å². The third-order valence-corrected chi connectivity index (χ3v) is 4.57. The number of methoxy groups -OCH3 is 3. The highest BCUT2D eigenvalue weighted by Crippen LogP contribution is 2.39. The number of esters is 1. The van der Waals surface area contributed by atoms with Crippen molar-refractivity contribution in [3.63, 3.8) is 0 Å². The minimum Gasteiger partial charge on any atom is -0.497 e. The molecule has 25 heavy (non-hydrogen) atoms. The van der Waals surface area contributed by atoms with Gasteiger partial charge in [-0.25, -0.2) is 4.79 Å². The molecule has 2 heterocycles. The summed E-state index contributed by atoms with van der Waals surface area (Å²) in [5.41, 5.74) is 1.14. The van der Waals surface area contributed by atoms with Gasteiger partial charge in [-0.2, -0.15) is 0 Å². The molecule has 1 aliphatic heterocycles. The van der Waals surface area contributed by atoms with Crippen molar-refractivity contribution in [3.8, 4) is 11.5 Å². The molecule has 1 saturated heterocycles. The zero-order chi connectivity index (χ0) is 17.8. The van der Waals surface area contributed by atoms with Crippen LogP contribution < -0.4 is 9.47 Å².